The summed E-state index contributed by atoms with van der Waals surface area (Å²) in [5.74, 6) is 0.744. The van der Waals surface area contributed by atoms with Crippen LogP contribution in [0.2, 0.25) is 0 Å². The maximum atomic E-state index is 12.8. The summed E-state index contributed by atoms with van der Waals surface area (Å²) in [5.41, 5.74) is 1.34. The van der Waals surface area contributed by atoms with Crippen molar-refractivity contribution in [2.75, 3.05) is 7.11 Å². The van der Waals surface area contributed by atoms with Gasteiger partial charge in [0.15, 0.2) is 11.5 Å². The zero-order valence-corrected chi connectivity index (χ0v) is 10.4. The fourth-order valence-corrected chi connectivity index (χ4v) is 1.62. The first-order valence-electron chi connectivity index (χ1n) is 5.73. The quantitative estimate of drug-likeness (QED) is 0.774. The van der Waals surface area contributed by atoms with Crippen molar-refractivity contribution in [3.05, 3.63) is 59.4 Å². The van der Waals surface area contributed by atoms with Gasteiger partial charge in [-0.15, -0.1) is 0 Å². The Morgan fingerprint density at radius 1 is 1.11 bits per heavy atom. The van der Waals surface area contributed by atoms with Gasteiger partial charge >= 0.3 is 0 Å². The van der Waals surface area contributed by atoms with E-state index in [-0.39, 0.29) is 12.4 Å². The van der Waals surface area contributed by atoms with E-state index in [2.05, 4.69) is 0 Å². The van der Waals surface area contributed by atoms with Gasteiger partial charge in [-0.3, -0.25) is 4.79 Å². The smallest absolute Gasteiger partial charge is 0.162 e. The van der Waals surface area contributed by atoms with Gasteiger partial charge in [-0.05, 0) is 35.9 Å². The summed E-state index contributed by atoms with van der Waals surface area (Å²) in [6.07, 6.45) is 0.740. The van der Waals surface area contributed by atoms with Gasteiger partial charge in [-0.2, -0.15) is 0 Å². The average Bonchev–Trinajstić information content (AvgIpc) is 2.46. The van der Waals surface area contributed by atoms with E-state index in [0.29, 0.717) is 17.1 Å². The summed E-state index contributed by atoms with van der Waals surface area (Å²) in [5, 5.41) is 0. The number of ether oxygens (including phenoxy) is 2. The van der Waals surface area contributed by atoms with E-state index in [1.165, 1.54) is 19.2 Å². The van der Waals surface area contributed by atoms with Gasteiger partial charge in [-0.25, -0.2) is 4.39 Å². The molecular formula is C15H13FO3. The molecule has 0 fully saturated rings. The zero-order valence-electron chi connectivity index (χ0n) is 10.4. The normalized spacial score (nSPS) is 10.0. The highest BCUT2D eigenvalue weighted by Crippen LogP contribution is 2.28. The Morgan fingerprint density at radius 2 is 1.84 bits per heavy atom. The molecule has 3 nitrogen and oxygen atoms in total. The molecule has 2 aromatic rings. The topological polar surface area (TPSA) is 35.5 Å². The fourth-order valence-electron chi connectivity index (χ4n) is 1.62. The number of rotatable bonds is 5. The molecule has 0 radical (unpaired) electrons. The van der Waals surface area contributed by atoms with Crippen molar-refractivity contribution in [1.29, 1.82) is 0 Å². The van der Waals surface area contributed by atoms with Crippen molar-refractivity contribution in [3.8, 4) is 11.5 Å². The molecule has 2 aromatic carbocycles. The summed E-state index contributed by atoms with van der Waals surface area (Å²) in [7, 11) is 1.53. The highest BCUT2D eigenvalue weighted by atomic mass is 19.1. The van der Waals surface area contributed by atoms with E-state index >= 15 is 0 Å². The van der Waals surface area contributed by atoms with Crippen molar-refractivity contribution in [2.45, 2.75) is 6.61 Å². The van der Waals surface area contributed by atoms with E-state index in [1.807, 2.05) is 0 Å². The predicted octanol–water partition coefficient (Wildman–Crippen LogP) is 3.23. The molecule has 0 N–H and O–H groups in total. The summed E-state index contributed by atoms with van der Waals surface area (Å²) in [6, 6.07) is 11.0. The second-order valence-corrected chi connectivity index (χ2v) is 3.94. The van der Waals surface area contributed by atoms with E-state index < -0.39 is 0 Å². The highest BCUT2D eigenvalue weighted by Gasteiger charge is 2.06. The molecule has 0 bridgehead atoms. The van der Waals surface area contributed by atoms with Gasteiger partial charge in [0.25, 0.3) is 0 Å². The van der Waals surface area contributed by atoms with Crippen LogP contribution < -0.4 is 9.47 Å². The number of benzene rings is 2. The SMILES string of the molecule is COc1ccc(C=O)cc1OCc1ccc(F)cc1. The number of carbonyl (C=O) groups excluding carboxylic acids is 1. The maximum absolute atomic E-state index is 12.8. The Labute approximate surface area is 110 Å². The van der Waals surface area contributed by atoms with Crippen LogP contribution in [0, 0.1) is 5.82 Å². The molecule has 0 unspecified atom stereocenters. The summed E-state index contributed by atoms with van der Waals surface area (Å²) >= 11 is 0. The molecular weight excluding hydrogens is 247 g/mol. The third-order valence-corrected chi connectivity index (χ3v) is 2.63. The molecule has 0 aliphatic heterocycles. The van der Waals surface area contributed by atoms with Gasteiger partial charge in [0.1, 0.15) is 18.7 Å². The molecule has 0 aliphatic rings. The Kier molecular flexibility index (Phi) is 4.13. The molecule has 0 aromatic heterocycles. The standard InChI is InChI=1S/C15H13FO3/c1-18-14-7-4-12(9-17)8-15(14)19-10-11-2-5-13(16)6-3-11/h2-9H,10H2,1H3. The minimum Gasteiger partial charge on any atom is -0.493 e. The molecule has 98 valence electrons. The average molecular weight is 260 g/mol. The Balaban J connectivity index is 2.13. The van der Waals surface area contributed by atoms with Crippen LogP contribution in [0.3, 0.4) is 0 Å². The summed E-state index contributed by atoms with van der Waals surface area (Å²) in [6.45, 7) is 0.277. The van der Waals surface area contributed by atoms with E-state index in [9.17, 15) is 9.18 Å². The number of methoxy groups -OCH3 is 1. The Morgan fingerprint density at radius 3 is 2.47 bits per heavy atom. The molecule has 0 heterocycles. The number of carbonyl (C=O) groups is 1. The van der Waals surface area contributed by atoms with Crippen LogP contribution in [0.5, 0.6) is 11.5 Å². The minimum atomic E-state index is -0.288. The van der Waals surface area contributed by atoms with Gasteiger partial charge in [-0.1, -0.05) is 12.1 Å². The van der Waals surface area contributed by atoms with Crippen molar-refractivity contribution < 1.29 is 18.7 Å². The lowest BCUT2D eigenvalue weighted by Gasteiger charge is -2.11. The third kappa shape index (κ3) is 3.31. The maximum Gasteiger partial charge on any atom is 0.162 e. The lowest BCUT2D eigenvalue weighted by molar-refractivity contribution is 0.112. The molecule has 0 saturated heterocycles. The lowest BCUT2D eigenvalue weighted by Crippen LogP contribution is -1.98. The largest absolute Gasteiger partial charge is 0.493 e. The molecule has 0 aliphatic carbocycles. The summed E-state index contributed by atoms with van der Waals surface area (Å²) < 4.78 is 23.5. The molecule has 0 atom stereocenters. The van der Waals surface area contributed by atoms with Crippen LogP contribution in [-0.2, 0) is 6.61 Å². The van der Waals surface area contributed by atoms with Crippen LogP contribution in [0.4, 0.5) is 4.39 Å². The van der Waals surface area contributed by atoms with Crippen LogP contribution in [0.1, 0.15) is 15.9 Å². The lowest BCUT2D eigenvalue weighted by atomic mass is 10.2. The van der Waals surface area contributed by atoms with Crippen molar-refractivity contribution in [2.24, 2.45) is 0 Å². The Hall–Kier alpha value is -2.36. The van der Waals surface area contributed by atoms with Crippen molar-refractivity contribution in [3.63, 3.8) is 0 Å². The highest BCUT2D eigenvalue weighted by molar-refractivity contribution is 5.76. The molecule has 4 heteroatoms. The molecule has 0 spiro atoms. The molecule has 0 saturated carbocycles. The predicted molar refractivity (Wildman–Crippen MR) is 69.1 cm³/mol. The summed E-state index contributed by atoms with van der Waals surface area (Å²) in [4.78, 5) is 10.7. The molecule has 0 amide bonds. The van der Waals surface area contributed by atoms with E-state index in [4.69, 9.17) is 9.47 Å². The second kappa shape index (κ2) is 6.00. The molecule has 2 rings (SSSR count). The van der Waals surface area contributed by atoms with Gasteiger partial charge in [0.2, 0.25) is 0 Å². The van der Waals surface area contributed by atoms with Crippen LogP contribution in [0.15, 0.2) is 42.5 Å². The Bertz CT molecular complexity index is 564. The first kappa shape index (κ1) is 13.1. The number of halogens is 1. The number of hydrogen-bond donors (Lipinski definition) is 0. The van der Waals surface area contributed by atoms with Crippen molar-refractivity contribution in [1.82, 2.24) is 0 Å². The van der Waals surface area contributed by atoms with Crippen LogP contribution in [0.25, 0.3) is 0 Å². The number of aldehydes is 1. The van der Waals surface area contributed by atoms with Crippen molar-refractivity contribution >= 4 is 6.29 Å². The third-order valence-electron chi connectivity index (χ3n) is 2.63. The van der Waals surface area contributed by atoms with Gasteiger partial charge < -0.3 is 9.47 Å². The minimum absolute atomic E-state index is 0.277. The first-order valence-corrected chi connectivity index (χ1v) is 5.73. The van der Waals surface area contributed by atoms with Gasteiger partial charge in [0.05, 0.1) is 7.11 Å². The monoisotopic (exact) mass is 260 g/mol. The van der Waals surface area contributed by atoms with E-state index in [1.54, 1.807) is 30.3 Å². The molecule has 19 heavy (non-hydrogen) atoms. The van der Waals surface area contributed by atoms with Crippen LogP contribution >= 0.6 is 0 Å². The number of hydrogen-bond acceptors (Lipinski definition) is 3. The van der Waals surface area contributed by atoms with E-state index in [0.717, 1.165) is 11.8 Å². The fraction of sp³-hybridized carbons (Fsp3) is 0.133. The van der Waals surface area contributed by atoms with Gasteiger partial charge in [0, 0.05) is 5.56 Å². The second-order valence-electron chi connectivity index (χ2n) is 3.94. The zero-order chi connectivity index (χ0) is 13.7. The van der Waals surface area contributed by atoms with Crippen LogP contribution in [-0.4, -0.2) is 13.4 Å². The first-order chi connectivity index (χ1) is 9.22.